The lowest BCUT2D eigenvalue weighted by Gasteiger charge is -2.35. The molecule has 2 heteroatoms. The summed E-state index contributed by atoms with van der Waals surface area (Å²) in [6.07, 6.45) is 5.70. The van der Waals surface area contributed by atoms with Crippen LogP contribution in [0.2, 0.25) is 0 Å². The molecule has 72 valence electrons. The number of Topliss-reactive ketones (excluding diaryl/α,β-unsaturated/α-hetero) is 1. The van der Waals surface area contributed by atoms with Gasteiger partial charge in [-0.1, -0.05) is 12.2 Å². The van der Waals surface area contributed by atoms with Gasteiger partial charge in [-0.2, -0.15) is 0 Å². The fourth-order valence-electron chi connectivity index (χ4n) is 1.92. The van der Waals surface area contributed by atoms with E-state index < -0.39 is 5.60 Å². The molecular weight excluding hydrogens is 164 g/mol. The predicted molar refractivity (Wildman–Crippen MR) is 52.3 cm³/mol. The number of hydrogen-bond acceptors (Lipinski definition) is 2. The molecule has 2 atom stereocenters. The number of rotatable bonds is 3. The maximum atomic E-state index is 11.5. The smallest absolute Gasteiger partial charge is 0.139 e. The first-order chi connectivity index (χ1) is 6.14. The monoisotopic (exact) mass is 180 g/mol. The van der Waals surface area contributed by atoms with E-state index in [1.807, 2.05) is 0 Å². The minimum atomic E-state index is -0.997. The van der Waals surface area contributed by atoms with Crippen LogP contribution in [0.15, 0.2) is 25.3 Å². The van der Waals surface area contributed by atoms with E-state index in [2.05, 4.69) is 13.2 Å². The van der Waals surface area contributed by atoms with Gasteiger partial charge in [0, 0.05) is 6.42 Å². The zero-order chi connectivity index (χ0) is 9.90. The normalized spacial score (nSPS) is 34.2. The van der Waals surface area contributed by atoms with E-state index in [4.69, 9.17) is 0 Å². The molecule has 0 aromatic rings. The fraction of sp³-hybridized carbons (Fsp3) is 0.545. The Kier molecular flexibility index (Phi) is 3.04. The van der Waals surface area contributed by atoms with Crippen molar-refractivity contribution in [1.29, 1.82) is 0 Å². The van der Waals surface area contributed by atoms with E-state index in [0.29, 0.717) is 19.3 Å². The maximum Gasteiger partial charge on any atom is 0.139 e. The first kappa shape index (κ1) is 10.2. The molecular formula is C11H16O2. The molecule has 0 saturated heterocycles. The van der Waals surface area contributed by atoms with Gasteiger partial charge < -0.3 is 5.11 Å². The van der Waals surface area contributed by atoms with Gasteiger partial charge in [-0.25, -0.2) is 0 Å². The summed E-state index contributed by atoms with van der Waals surface area (Å²) in [6, 6.07) is 0. The van der Waals surface area contributed by atoms with Crippen molar-refractivity contribution in [3.8, 4) is 0 Å². The maximum absolute atomic E-state index is 11.5. The average Bonchev–Trinajstić information content (AvgIpc) is 2.12. The summed E-state index contributed by atoms with van der Waals surface area (Å²) in [5.74, 6) is -0.190. The highest BCUT2D eigenvalue weighted by atomic mass is 16.3. The third-order valence-corrected chi connectivity index (χ3v) is 2.75. The van der Waals surface area contributed by atoms with Crippen LogP contribution in [0.4, 0.5) is 0 Å². The van der Waals surface area contributed by atoms with Gasteiger partial charge in [-0.05, 0) is 19.3 Å². The Hall–Kier alpha value is -0.890. The standard InChI is InChI=1S/C11H16O2/c1-3-6-9-10(12)7-5-8-11(9,13)4-2/h3-4,9,13H,1-2,5-8H2. The summed E-state index contributed by atoms with van der Waals surface area (Å²) in [4.78, 5) is 11.5. The third kappa shape index (κ3) is 1.89. The summed E-state index contributed by atoms with van der Waals surface area (Å²) >= 11 is 0. The highest BCUT2D eigenvalue weighted by Gasteiger charge is 2.40. The number of carbonyl (C=O) groups is 1. The van der Waals surface area contributed by atoms with Crippen molar-refractivity contribution in [1.82, 2.24) is 0 Å². The Morgan fingerprint density at radius 3 is 2.85 bits per heavy atom. The minimum absolute atomic E-state index is 0.133. The molecule has 13 heavy (non-hydrogen) atoms. The average molecular weight is 180 g/mol. The molecule has 2 nitrogen and oxygen atoms in total. The first-order valence-electron chi connectivity index (χ1n) is 4.63. The summed E-state index contributed by atoms with van der Waals surface area (Å²) in [6.45, 7) is 7.18. The lowest BCUT2D eigenvalue weighted by molar-refractivity contribution is -0.133. The topological polar surface area (TPSA) is 37.3 Å². The van der Waals surface area contributed by atoms with Gasteiger partial charge in [-0.15, -0.1) is 13.2 Å². The van der Waals surface area contributed by atoms with Crippen LogP contribution in [0, 0.1) is 5.92 Å². The molecule has 0 bridgehead atoms. The van der Waals surface area contributed by atoms with Crippen molar-refractivity contribution >= 4 is 5.78 Å². The summed E-state index contributed by atoms with van der Waals surface area (Å²) in [5, 5.41) is 10.1. The second kappa shape index (κ2) is 3.88. The van der Waals surface area contributed by atoms with Gasteiger partial charge in [0.05, 0.1) is 11.5 Å². The summed E-state index contributed by atoms with van der Waals surface area (Å²) in [7, 11) is 0. The molecule has 0 radical (unpaired) electrons. The lowest BCUT2D eigenvalue weighted by atomic mass is 9.73. The predicted octanol–water partition coefficient (Wildman–Crippen LogP) is 1.85. The van der Waals surface area contributed by atoms with Crippen LogP contribution in [0.1, 0.15) is 25.7 Å². The van der Waals surface area contributed by atoms with Crippen LogP contribution >= 0.6 is 0 Å². The van der Waals surface area contributed by atoms with Crippen LogP contribution in [0.3, 0.4) is 0 Å². The molecule has 1 N–H and O–H groups in total. The van der Waals surface area contributed by atoms with E-state index in [1.165, 1.54) is 6.08 Å². The second-order valence-electron chi connectivity index (χ2n) is 3.59. The number of carbonyl (C=O) groups excluding carboxylic acids is 1. The molecule has 1 saturated carbocycles. The highest BCUT2D eigenvalue weighted by molar-refractivity contribution is 5.83. The van der Waals surface area contributed by atoms with Gasteiger partial charge >= 0.3 is 0 Å². The number of aliphatic hydroxyl groups is 1. The van der Waals surface area contributed by atoms with Gasteiger partial charge in [-0.3, -0.25) is 4.79 Å². The zero-order valence-electron chi connectivity index (χ0n) is 7.83. The van der Waals surface area contributed by atoms with Crippen LogP contribution < -0.4 is 0 Å². The molecule has 1 aliphatic rings. The highest BCUT2D eigenvalue weighted by Crippen LogP contribution is 2.34. The molecule has 0 heterocycles. The Morgan fingerprint density at radius 1 is 1.62 bits per heavy atom. The van der Waals surface area contributed by atoms with Crippen molar-refractivity contribution in [3.05, 3.63) is 25.3 Å². The van der Waals surface area contributed by atoms with Gasteiger partial charge in [0.2, 0.25) is 0 Å². The third-order valence-electron chi connectivity index (χ3n) is 2.75. The Balaban J connectivity index is 2.85. The first-order valence-corrected chi connectivity index (χ1v) is 4.63. The quantitative estimate of drug-likeness (QED) is 0.673. The molecule has 0 spiro atoms. The van der Waals surface area contributed by atoms with Crippen molar-refractivity contribution in [3.63, 3.8) is 0 Å². The van der Waals surface area contributed by atoms with Crippen molar-refractivity contribution < 1.29 is 9.90 Å². The molecule has 0 amide bonds. The Bertz CT molecular complexity index is 232. The number of allylic oxidation sites excluding steroid dienone is 1. The molecule has 0 aromatic heterocycles. The summed E-state index contributed by atoms with van der Waals surface area (Å²) < 4.78 is 0. The van der Waals surface area contributed by atoms with Crippen LogP contribution in [-0.2, 0) is 4.79 Å². The second-order valence-corrected chi connectivity index (χ2v) is 3.59. The zero-order valence-corrected chi connectivity index (χ0v) is 7.83. The van der Waals surface area contributed by atoms with E-state index in [9.17, 15) is 9.90 Å². The number of hydrogen-bond donors (Lipinski definition) is 1. The fourth-order valence-corrected chi connectivity index (χ4v) is 1.92. The van der Waals surface area contributed by atoms with E-state index in [1.54, 1.807) is 6.08 Å². The summed E-state index contributed by atoms with van der Waals surface area (Å²) in [5.41, 5.74) is -0.997. The molecule has 1 rings (SSSR count). The van der Waals surface area contributed by atoms with Crippen LogP contribution in [-0.4, -0.2) is 16.5 Å². The molecule has 1 fully saturated rings. The minimum Gasteiger partial charge on any atom is -0.385 e. The van der Waals surface area contributed by atoms with E-state index in [-0.39, 0.29) is 11.7 Å². The van der Waals surface area contributed by atoms with Crippen molar-refractivity contribution in [2.24, 2.45) is 5.92 Å². The van der Waals surface area contributed by atoms with E-state index in [0.717, 1.165) is 6.42 Å². The Labute approximate surface area is 79.0 Å². The molecule has 2 unspecified atom stereocenters. The number of ketones is 1. The lowest BCUT2D eigenvalue weighted by Crippen LogP contribution is -2.43. The molecule has 1 aliphatic carbocycles. The SMILES string of the molecule is C=CCC1C(=O)CCCC1(O)C=C. The molecule has 0 aromatic carbocycles. The molecule has 0 aliphatic heterocycles. The van der Waals surface area contributed by atoms with Crippen LogP contribution in [0.25, 0.3) is 0 Å². The Morgan fingerprint density at radius 2 is 2.31 bits per heavy atom. The van der Waals surface area contributed by atoms with Crippen molar-refractivity contribution in [2.75, 3.05) is 0 Å². The van der Waals surface area contributed by atoms with Gasteiger partial charge in [0.15, 0.2) is 0 Å². The van der Waals surface area contributed by atoms with Crippen LogP contribution in [0.5, 0.6) is 0 Å². The van der Waals surface area contributed by atoms with Gasteiger partial charge in [0.25, 0.3) is 0 Å². The largest absolute Gasteiger partial charge is 0.385 e. The van der Waals surface area contributed by atoms with E-state index >= 15 is 0 Å². The van der Waals surface area contributed by atoms with Gasteiger partial charge in [0.1, 0.15) is 5.78 Å². The van der Waals surface area contributed by atoms with Crippen molar-refractivity contribution in [2.45, 2.75) is 31.3 Å².